The first-order valence-corrected chi connectivity index (χ1v) is 7.82. The van der Waals surface area contributed by atoms with Crippen LogP contribution in [0, 0.1) is 6.92 Å². The Morgan fingerprint density at radius 1 is 1.33 bits per heavy atom. The molecule has 24 heavy (non-hydrogen) atoms. The lowest BCUT2D eigenvalue weighted by Crippen LogP contribution is -2.08. The van der Waals surface area contributed by atoms with Crippen LogP contribution in [-0.4, -0.2) is 32.4 Å². The minimum Gasteiger partial charge on any atom is -0.478 e. The molecule has 6 nitrogen and oxygen atoms in total. The zero-order valence-electron chi connectivity index (χ0n) is 13.1. The zero-order valence-corrected chi connectivity index (χ0v) is 13.8. The second-order valence-electron chi connectivity index (χ2n) is 5.34. The summed E-state index contributed by atoms with van der Waals surface area (Å²) in [6, 6.07) is 9.90. The molecule has 0 bridgehead atoms. The molecule has 3 aromatic rings. The van der Waals surface area contributed by atoms with E-state index in [0.717, 1.165) is 5.56 Å². The summed E-state index contributed by atoms with van der Waals surface area (Å²) in [5.74, 6) is -1.10. The van der Waals surface area contributed by atoms with E-state index in [1.165, 1.54) is 6.20 Å². The fourth-order valence-electron chi connectivity index (χ4n) is 2.49. The summed E-state index contributed by atoms with van der Waals surface area (Å²) in [5, 5.41) is 14.3. The molecular weight excluding hydrogens is 330 g/mol. The second-order valence-corrected chi connectivity index (χ2v) is 5.71. The first kappa shape index (κ1) is 16.4. The van der Waals surface area contributed by atoms with Crippen molar-refractivity contribution >= 4 is 28.6 Å². The Bertz CT molecular complexity index is 878. The Morgan fingerprint density at radius 2 is 2.08 bits per heavy atom. The first-order chi connectivity index (χ1) is 11.6. The minimum atomic E-state index is -1.10. The number of fused-ring (bicyclic) bond motifs is 1. The molecule has 0 aliphatic carbocycles. The molecule has 7 heteroatoms. The lowest BCUT2D eigenvalue weighted by atomic mass is 10.2. The van der Waals surface area contributed by atoms with Crippen molar-refractivity contribution in [2.75, 3.05) is 6.61 Å². The van der Waals surface area contributed by atoms with Crippen molar-refractivity contribution in [3.05, 3.63) is 58.4 Å². The maximum atomic E-state index is 11.2. The summed E-state index contributed by atoms with van der Waals surface area (Å²) in [6.07, 6.45) is 1.26. The summed E-state index contributed by atoms with van der Waals surface area (Å²) < 4.78 is 7.35. The van der Waals surface area contributed by atoms with E-state index in [9.17, 15) is 4.79 Å². The van der Waals surface area contributed by atoms with Crippen molar-refractivity contribution in [2.24, 2.45) is 0 Å². The van der Waals surface area contributed by atoms with Gasteiger partial charge in [-0.05, 0) is 12.5 Å². The van der Waals surface area contributed by atoms with Crippen molar-refractivity contribution < 1.29 is 14.6 Å². The van der Waals surface area contributed by atoms with E-state index in [0.29, 0.717) is 36.5 Å². The molecule has 0 radical (unpaired) electrons. The van der Waals surface area contributed by atoms with Crippen LogP contribution in [0.4, 0.5) is 0 Å². The van der Waals surface area contributed by atoms with Gasteiger partial charge in [-0.15, -0.1) is 0 Å². The Morgan fingerprint density at radius 3 is 2.79 bits per heavy atom. The number of aromatic carboxylic acids is 1. The molecule has 0 aliphatic heterocycles. The lowest BCUT2D eigenvalue weighted by molar-refractivity contribution is 0.0697. The molecule has 0 saturated carbocycles. The predicted molar refractivity (Wildman–Crippen MR) is 90.3 cm³/mol. The number of halogens is 1. The second kappa shape index (κ2) is 6.98. The van der Waals surface area contributed by atoms with Crippen LogP contribution in [-0.2, 0) is 17.9 Å². The third-order valence-electron chi connectivity index (χ3n) is 3.66. The van der Waals surface area contributed by atoms with Crippen molar-refractivity contribution in [2.45, 2.75) is 20.1 Å². The van der Waals surface area contributed by atoms with E-state index in [4.69, 9.17) is 21.4 Å². The van der Waals surface area contributed by atoms with Gasteiger partial charge in [0, 0.05) is 6.20 Å². The highest BCUT2D eigenvalue weighted by molar-refractivity contribution is 6.38. The summed E-state index contributed by atoms with van der Waals surface area (Å²) in [6.45, 7) is 3.28. The number of nitrogens with zero attached hydrogens (tertiary/aromatic N) is 3. The Balaban J connectivity index is 1.73. The van der Waals surface area contributed by atoms with Gasteiger partial charge >= 0.3 is 5.97 Å². The van der Waals surface area contributed by atoms with Crippen LogP contribution < -0.4 is 0 Å². The smallest absolute Gasteiger partial charge is 0.338 e. The van der Waals surface area contributed by atoms with Gasteiger partial charge in [-0.2, -0.15) is 5.10 Å². The summed E-state index contributed by atoms with van der Waals surface area (Å²) in [5.41, 5.74) is 2.29. The van der Waals surface area contributed by atoms with Crippen molar-refractivity contribution in [1.29, 1.82) is 0 Å². The van der Waals surface area contributed by atoms with E-state index in [1.54, 1.807) is 11.6 Å². The molecule has 0 spiro atoms. The van der Waals surface area contributed by atoms with Crippen LogP contribution in [0.15, 0.2) is 36.5 Å². The Kier molecular flexibility index (Phi) is 4.78. The number of aryl methyl sites for hydroxylation is 1. The van der Waals surface area contributed by atoms with Gasteiger partial charge in [0.05, 0.1) is 41.4 Å². The maximum Gasteiger partial charge on any atom is 0.338 e. The number of benzene rings is 1. The van der Waals surface area contributed by atoms with Crippen LogP contribution in [0.25, 0.3) is 11.0 Å². The fourth-order valence-corrected chi connectivity index (χ4v) is 2.85. The predicted octanol–water partition coefficient (Wildman–Crippen LogP) is 3.31. The molecule has 1 N–H and O–H groups in total. The van der Waals surface area contributed by atoms with Crippen molar-refractivity contribution in [1.82, 2.24) is 14.8 Å². The quantitative estimate of drug-likeness (QED) is 0.693. The number of carboxylic acids is 1. The Labute approximate surface area is 143 Å². The van der Waals surface area contributed by atoms with E-state index < -0.39 is 5.97 Å². The van der Waals surface area contributed by atoms with E-state index >= 15 is 0 Å². The molecule has 1 aromatic carbocycles. The number of carbonyl (C=O) groups is 1. The van der Waals surface area contributed by atoms with Gasteiger partial charge in [-0.1, -0.05) is 41.9 Å². The molecule has 0 unspecified atom stereocenters. The van der Waals surface area contributed by atoms with E-state index in [-0.39, 0.29) is 10.6 Å². The molecule has 0 amide bonds. The van der Waals surface area contributed by atoms with E-state index in [2.05, 4.69) is 10.1 Å². The largest absolute Gasteiger partial charge is 0.478 e. The van der Waals surface area contributed by atoms with Gasteiger partial charge in [-0.3, -0.25) is 0 Å². The molecule has 2 aromatic heterocycles. The number of ether oxygens (including phenoxy) is 1. The van der Waals surface area contributed by atoms with Crippen LogP contribution in [0.1, 0.15) is 21.6 Å². The maximum absolute atomic E-state index is 11.2. The molecule has 0 atom stereocenters. The first-order valence-electron chi connectivity index (χ1n) is 7.44. The fraction of sp³-hybridized carbons (Fsp3) is 0.235. The highest BCUT2D eigenvalue weighted by Gasteiger charge is 2.18. The highest BCUT2D eigenvalue weighted by Crippen LogP contribution is 2.28. The molecule has 3 rings (SSSR count). The summed E-state index contributed by atoms with van der Waals surface area (Å²) >= 11 is 6.19. The Hall–Kier alpha value is -2.44. The average molecular weight is 346 g/mol. The third-order valence-corrected chi connectivity index (χ3v) is 4.05. The average Bonchev–Trinajstić information content (AvgIpc) is 2.89. The van der Waals surface area contributed by atoms with Gasteiger partial charge in [-0.25, -0.2) is 14.5 Å². The number of pyridine rings is 1. The van der Waals surface area contributed by atoms with Gasteiger partial charge in [0.15, 0.2) is 5.65 Å². The molecule has 124 valence electrons. The third kappa shape index (κ3) is 3.25. The standard InChI is InChI=1S/C17H16ClN3O3/c1-11-14-15(18)13(17(22)23)9-19-16(14)21(20-11)7-8-24-10-12-5-3-2-4-6-12/h2-6,9H,7-8,10H2,1H3,(H,22,23). The number of carboxylic acid groups (broad SMARTS) is 1. The molecule has 0 saturated heterocycles. The normalized spacial score (nSPS) is 11.1. The van der Waals surface area contributed by atoms with Crippen LogP contribution in [0.5, 0.6) is 0 Å². The van der Waals surface area contributed by atoms with Gasteiger partial charge < -0.3 is 9.84 Å². The van der Waals surface area contributed by atoms with Gasteiger partial charge in [0.2, 0.25) is 0 Å². The molecular formula is C17H16ClN3O3. The minimum absolute atomic E-state index is 0.0212. The van der Waals surface area contributed by atoms with Crippen LogP contribution >= 0.6 is 11.6 Å². The molecule has 2 heterocycles. The number of aromatic nitrogens is 3. The summed E-state index contributed by atoms with van der Waals surface area (Å²) in [7, 11) is 0. The molecule has 0 aliphatic rings. The number of hydrogen-bond acceptors (Lipinski definition) is 4. The molecule has 0 fully saturated rings. The van der Waals surface area contributed by atoms with Crippen molar-refractivity contribution in [3.8, 4) is 0 Å². The SMILES string of the molecule is Cc1nn(CCOCc2ccccc2)c2ncc(C(=O)O)c(Cl)c12. The number of hydrogen-bond donors (Lipinski definition) is 1. The zero-order chi connectivity index (χ0) is 17.1. The highest BCUT2D eigenvalue weighted by atomic mass is 35.5. The van der Waals surface area contributed by atoms with Gasteiger partial charge in [0.1, 0.15) is 0 Å². The van der Waals surface area contributed by atoms with Crippen LogP contribution in [0.2, 0.25) is 5.02 Å². The van der Waals surface area contributed by atoms with Gasteiger partial charge in [0.25, 0.3) is 0 Å². The summed E-state index contributed by atoms with van der Waals surface area (Å²) in [4.78, 5) is 15.4. The van der Waals surface area contributed by atoms with Crippen molar-refractivity contribution in [3.63, 3.8) is 0 Å². The monoisotopic (exact) mass is 345 g/mol. The number of rotatable bonds is 6. The topological polar surface area (TPSA) is 77.2 Å². The van der Waals surface area contributed by atoms with E-state index in [1.807, 2.05) is 30.3 Å². The lowest BCUT2D eigenvalue weighted by Gasteiger charge is -2.06. The van der Waals surface area contributed by atoms with Crippen LogP contribution in [0.3, 0.4) is 0 Å².